The van der Waals surface area contributed by atoms with Gasteiger partial charge in [0.05, 0.1) is 34.6 Å². The van der Waals surface area contributed by atoms with Gasteiger partial charge in [0.25, 0.3) is 5.89 Å². The predicted molar refractivity (Wildman–Crippen MR) is 109 cm³/mol. The van der Waals surface area contributed by atoms with Crippen LogP contribution in [0, 0.1) is 6.92 Å². The highest BCUT2D eigenvalue weighted by molar-refractivity contribution is 6.32. The number of carbonyl (C=O) groups excluding carboxylic acids is 1. The molecule has 4 aromatic rings. The molecular weight excluding hydrogens is 390 g/mol. The largest absolute Gasteiger partial charge is 0.352 e. The quantitative estimate of drug-likeness (QED) is 0.526. The highest BCUT2D eigenvalue weighted by Gasteiger charge is 2.18. The molecule has 2 aromatic carbocycles. The Morgan fingerprint density at radius 1 is 1.14 bits per heavy atom. The van der Waals surface area contributed by atoms with E-state index < -0.39 is 0 Å². The highest BCUT2D eigenvalue weighted by Crippen LogP contribution is 2.26. The Bertz CT molecular complexity index is 1140. The second kappa shape index (κ2) is 8.28. The number of halogens is 1. The summed E-state index contributed by atoms with van der Waals surface area (Å²) in [5.41, 5.74) is 3.28. The summed E-state index contributed by atoms with van der Waals surface area (Å²) >= 11 is 6.26. The van der Waals surface area contributed by atoms with Gasteiger partial charge in [0.15, 0.2) is 5.82 Å². The van der Waals surface area contributed by atoms with Gasteiger partial charge in [-0.2, -0.15) is 10.1 Å². The van der Waals surface area contributed by atoms with Crippen molar-refractivity contribution in [1.82, 2.24) is 25.2 Å². The molecule has 4 rings (SSSR count). The molecule has 0 aliphatic rings. The first-order valence-corrected chi connectivity index (χ1v) is 9.42. The molecule has 7 nitrogen and oxygen atoms in total. The van der Waals surface area contributed by atoms with E-state index in [4.69, 9.17) is 16.1 Å². The third-order valence-electron chi connectivity index (χ3n) is 4.44. The van der Waals surface area contributed by atoms with E-state index in [0.717, 1.165) is 16.9 Å². The summed E-state index contributed by atoms with van der Waals surface area (Å²) in [7, 11) is 0. The first-order chi connectivity index (χ1) is 14.1. The van der Waals surface area contributed by atoms with E-state index in [1.54, 1.807) is 16.9 Å². The van der Waals surface area contributed by atoms with E-state index in [0.29, 0.717) is 28.8 Å². The van der Waals surface area contributed by atoms with Gasteiger partial charge in [0, 0.05) is 6.54 Å². The van der Waals surface area contributed by atoms with Crippen LogP contribution in [0.25, 0.3) is 17.1 Å². The van der Waals surface area contributed by atoms with Crippen LogP contribution in [0.5, 0.6) is 0 Å². The molecule has 8 heteroatoms. The van der Waals surface area contributed by atoms with Gasteiger partial charge in [0.1, 0.15) is 0 Å². The van der Waals surface area contributed by atoms with Crippen LogP contribution in [0.3, 0.4) is 0 Å². The average Bonchev–Trinajstić information content (AvgIpc) is 3.34. The normalized spacial score (nSPS) is 10.8. The van der Waals surface area contributed by atoms with Crippen molar-refractivity contribution in [2.45, 2.75) is 19.9 Å². The van der Waals surface area contributed by atoms with Crippen LogP contribution >= 0.6 is 11.6 Å². The summed E-state index contributed by atoms with van der Waals surface area (Å²) in [5, 5.41) is 11.7. The second-order valence-corrected chi connectivity index (χ2v) is 6.87. The Morgan fingerprint density at radius 3 is 2.69 bits per heavy atom. The van der Waals surface area contributed by atoms with Gasteiger partial charge in [-0.05, 0) is 24.6 Å². The maximum absolute atomic E-state index is 12.2. The van der Waals surface area contributed by atoms with Crippen molar-refractivity contribution in [1.29, 1.82) is 0 Å². The number of rotatable bonds is 6. The van der Waals surface area contributed by atoms with Crippen LogP contribution in [0.4, 0.5) is 0 Å². The summed E-state index contributed by atoms with van der Waals surface area (Å²) < 4.78 is 7.06. The highest BCUT2D eigenvalue weighted by atomic mass is 35.5. The molecule has 0 aliphatic heterocycles. The zero-order valence-corrected chi connectivity index (χ0v) is 16.4. The lowest BCUT2D eigenvalue weighted by atomic mass is 10.2. The zero-order valence-electron chi connectivity index (χ0n) is 15.7. The van der Waals surface area contributed by atoms with Crippen molar-refractivity contribution in [3.8, 4) is 17.1 Å². The minimum absolute atomic E-state index is 0.0357. The summed E-state index contributed by atoms with van der Waals surface area (Å²) in [4.78, 5) is 16.5. The van der Waals surface area contributed by atoms with E-state index in [2.05, 4.69) is 20.6 Å². The molecule has 1 N–H and O–H groups in total. The van der Waals surface area contributed by atoms with Crippen LogP contribution in [-0.2, 0) is 17.8 Å². The fourth-order valence-electron chi connectivity index (χ4n) is 2.92. The van der Waals surface area contributed by atoms with Crippen molar-refractivity contribution in [2.24, 2.45) is 0 Å². The molecule has 0 aliphatic carbocycles. The Balaban J connectivity index is 1.45. The van der Waals surface area contributed by atoms with Gasteiger partial charge in [-0.3, -0.25) is 4.79 Å². The molecule has 0 atom stereocenters. The predicted octanol–water partition coefficient (Wildman–Crippen LogP) is 3.74. The van der Waals surface area contributed by atoms with Crippen LogP contribution in [-0.4, -0.2) is 25.8 Å². The molecule has 2 heterocycles. The molecule has 0 radical (unpaired) electrons. The Labute approximate surface area is 172 Å². The van der Waals surface area contributed by atoms with E-state index in [9.17, 15) is 4.79 Å². The average molecular weight is 408 g/mol. The van der Waals surface area contributed by atoms with Gasteiger partial charge in [0.2, 0.25) is 5.91 Å². The lowest BCUT2D eigenvalue weighted by molar-refractivity contribution is -0.120. The van der Waals surface area contributed by atoms with Gasteiger partial charge < -0.3 is 9.84 Å². The molecule has 0 spiro atoms. The third-order valence-corrected chi connectivity index (χ3v) is 4.76. The number of benzene rings is 2. The minimum Gasteiger partial charge on any atom is -0.352 e. The fourth-order valence-corrected chi connectivity index (χ4v) is 3.14. The number of nitrogens with one attached hydrogen (secondary N) is 1. The summed E-state index contributed by atoms with van der Waals surface area (Å²) in [5.74, 6) is 0.451. The van der Waals surface area contributed by atoms with Crippen LogP contribution in [0.15, 0.2) is 65.3 Å². The van der Waals surface area contributed by atoms with Crippen molar-refractivity contribution < 1.29 is 9.32 Å². The summed E-state index contributed by atoms with van der Waals surface area (Å²) in [6.07, 6.45) is 1.68. The molecule has 0 unspecified atom stereocenters. The topological polar surface area (TPSA) is 85.8 Å². The van der Waals surface area contributed by atoms with E-state index in [1.807, 2.05) is 55.5 Å². The number of nitrogens with zero attached hydrogens (tertiary/aromatic N) is 4. The number of hydrogen-bond acceptors (Lipinski definition) is 5. The molecule has 0 saturated carbocycles. The number of amides is 1. The van der Waals surface area contributed by atoms with Gasteiger partial charge in [-0.15, -0.1) is 0 Å². The molecule has 2 aromatic heterocycles. The smallest absolute Gasteiger partial charge is 0.261 e. The number of hydrogen-bond donors (Lipinski definition) is 1. The van der Waals surface area contributed by atoms with Crippen LogP contribution in [0.2, 0.25) is 5.02 Å². The van der Waals surface area contributed by atoms with Gasteiger partial charge in [-0.25, -0.2) is 4.68 Å². The molecule has 29 heavy (non-hydrogen) atoms. The van der Waals surface area contributed by atoms with Crippen molar-refractivity contribution >= 4 is 17.5 Å². The van der Waals surface area contributed by atoms with E-state index in [-0.39, 0.29) is 12.3 Å². The first-order valence-electron chi connectivity index (χ1n) is 9.05. The molecule has 146 valence electrons. The van der Waals surface area contributed by atoms with Crippen molar-refractivity contribution in [3.05, 3.63) is 82.9 Å². The molecular formula is C21H18ClN5O2. The fraction of sp³-hybridized carbons (Fsp3) is 0.143. The molecule has 0 bridgehead atoms. The first kappa shape index (κ1) is 18.9. The van der Waals surface area contributed by atoms with Gasteiger partial charge >= 0.3 is 0 Å². The van der Waals surface area contributed by atoms with E-state index >= 15 is 0 Å². The number of aromatic nitrogens is 4. The lowest BCUT2D eigenvalue weighted by Crippen LogP contribution is -2.24. The minimum atomic E-state index is -0.176. The number of carbonyl (C=O) groups is 1. The molecule has 0 fully saturated rings. The van der Waals surface area contributed by atoms with Gasteiger partial charge in [-0.1, -0.05) is 59.2 Å². The van der Waals surface area contributed by atoms with Crippen LogP contribution < -0.4 is 5.32 Å². The second-order valence-electron chi connectivity index (χ2n) is 6.46. The summed E-state index contributed by atoms with van der Waals surface area (Å²) in [6, 6.07) is 17.1. The number of para-hydroxylation sites is 1. The summed E-state index contributed by atoms with van der Waals surface area (Å²) in [6.45, 7) is 2.34. The monoisotopic (exact) mass is 407 g/mol. The zero-order chi connectivity index (χ0) is 20.2. The third kappa shape index (κ3) is 4.20. The van der Waals surface area contributed by atoms with E-state index in [1.165, 1.54) is 0 Å². The SMILES string of the molecule is Cc1c(-c2nc(CC(=O)NCc3ccccc3)no2)cnn1-c1ccccc1Cl. The Hall–Kier alpha value is -3.45. The lowest BCUT2D eigenvalue weighted by Gasteiger charge is -2.06. The standard InChI is InChI=1S/C21H18ClN5O2/c1-14-16(13-24-27(14)18-10-6-5-9-17(18)22)21-25-19(26-29-21)11-20(28)23-12-15-7-3-2-4-8-15/h2-10,13H,11-12H2,1H3,(H,23,28). The maximum atomic E-state index is 12.2. The Kier molecular flexibility index (Phi) is 5.39. The Morgan fingerprint density at radius 2 is 1.90 bits per heavy atom. The maximum Gasteiger partial charge on any atom is 0.261 e. The van der Waals surface area contributed by atoms with Crippen LogP contribution in [0.1, 0.15) is 17.1 Å². The molecule has 0 saturated heterocycles. The molecule has 1 amide bonds. The van der Waals surface area contributed by atoms with Crippen molar-refractivity contribution in [3.63, 3.8) is 0 Å². The van der Waals surface area contributed by atoms with Crippen molar-refractivity contribution in [2.75, 3.05) is 0 Å².